The number of hydrogen-bond acceptors (Lipinski definition) is 3. The lowest BCUT2D eigenvalue weighted by Gasteiger charge is -2.28. The molecule has 27 heavy (non-hydrogen) atoms. The monoisotopic (exact) mass is 361 g/mol. The SMILES string of the molecule is CCn1c2ccccc2c2cc(C=C3C(=O)N(C)C(=O)N(C)C3=O)ccc21. The highest BCUT2D eigenvalue weighted by atomic mass is 16.2. The average Bonchev–Trinajstić information content (AvgIpc) is 3.01. The third-order valence-corrected chi connectivity index (χ3v) is 5.07. The summed E-state index contributed by atoms with van der Waals surface area (Å²) in [6.07, 6.45) is 1.56. The summed E-state index contributed by atoms with van der Waals surface area (Å²) in [6.45, 7) is 2.95. The third kappa shape index (κ3) is 2.44. The first-order valence-corrected chi connectivity index (χ1v) is 8.76. The molecule has 6 heteroatoms. The number of carbonyl (C=O) groups is 3. The van der Waals surface area contributed by atoms with Crippen LogP contribution in [0, 0.1) is 0 Å². The Hall–Kier alpha value is -3.41. The second kappa shape index (κ2) is 6.09. The van der Waals surface area contributed by atoms with Crippen LogP contribution in [-0.2, 0) is 16.1 Å². The van der Waals surface area contributed by atoms with Crippen molar-refractivity contribution in [1.29, 1.82) is 0 Å². The Labute approximate surface area is 156 Å². The Morgan fingerprint density at radius 3 is 2.15 bits per heavy atom. The van der Waals surface area contributed by atoms with E-state index in [1.165, 1.54) is 14.1 Å². The predicted octanol–water partition coefficient (Wildman–Crippen LogP) is 3.25. The molecule has 0 bridgehead atoms. The van der Waals surface area contributed by atoms with Gasteiger partial charge in [0.2, 0.25) is 0 Å². The minimum atomic E-state index is -0.622. The molecule has 0 atom stereocenters. The van der Waals surface area contributed by atoms with Crippen LogP contribution in [0.5, 0.6) is 0 Å². The van der Waals surface area contributed by atoms with Gasteiger partial charge in [-0.3, -0.25) is 19.4 Å². The quantitative estimate of drug-likeness (QED) is 0.520. The molecule has 0 aliphatic carbocycles. The molecule has 2 aromatic carbocycles. The zero-order valence-corrected chi connectivity index (χ0v) is 15.4. The fourth-order valence-corrected chi connectivity index (χ4v) is 3.64. The fraction of sp³-hybridized carbons (Fsp3) is 0.190. The highest BCUT2D eigenvalue weighted by Gasteiger charge is 2.37. The van der Waals surface area contributed by atoms with Crippen LogP contribution in [0.2, 0.25) is 0 Å². The number of imide groups is 2. The molecule has 1 saturated heterocycles. The van der Waals surface area contributed by atoms with Crippen LogP contribution in [0.4, 0.5) is 4.79 Å². The van der Waals surface area contributed by atoms with Crippen molar-refractivity contribution < 1.29 is 14.4 Å². The molecule has 0 radical (unpaired) electrons. The molecule has 1 aliphatic heterocycles. The number of hydrogen-bond donors (Lipinski definition) is 0. The smallest absolute Gasteiger partial charge is 0.333 e. The Morgan fingerprint density at radius 1 is 0.852 bits per heavy atom. The minimum absolute atomic E-state index is 0.0156. The summed E-state index contributed by atoms with van der Waals surface area (Å²) < 4.78 is 2.23. The minimum Gasteiger partial charge on any atom is -0.341 e. The van der Waals surface area contributed by atoms with Crippen LogP contribution in [0.25, 0.3) is 27.9 Å². The van der Waals surface area contributed by atoms with Gasteiger partial charge in [0, 0.05) is 42.4 Å². The van der Waals surface area contributed by atoms with Crippen LogP contribution in [-0.4, -0.2) is 46.3 Å². The van der Waals surface area contributed by atoms with E-state index in [1.807, 2.05) is 30.3 Å². The van der Waals surface area contributed by atoms with E-state index in [4.69, 9.17) is 0 Å². The highest BCUT2D eigenvalue weighted by Crippen LogP contribution is 2.30. The number of amides is 4. The summed E-state index contributed by atoms with van der Waals surface area (Å²) in [6, 6.07) is 13.4. The zero-order valence-electron chi connectivity index (χ0n) is 15.4. The van der Waals surface area contributed by atoms with Crippen molar-refractivity contribution in [3.05, 3.63) is 53.6 Å². The van der Waals surface area contributed by atoms with Crippen LogP contribution < -0.4 is 0 Å². The first-order valence-electron chi connectivity index (χ1n) is 8.76. The van der Waals surface area contributed by atoms with Crippen LogP contribution >= 0.6 is 0 Å². The molecule has 136 valence electrons. The van der Waals surface area contributed by atoms with E-state index in [2.05, 4.69) is 23.6 Å². The number of nitrogens with zero attached hydrogens (tertiary/aromatic N) is 3. The number of urea groups is 1. The highest BCUT2D eigenvalue weighted by molar-refractivity contribution is 6.30. The second-order valence-electron chi connectivity index (χ2n) is 6.61. The van der Waals surface area contributed by atoms with Gasteiger partial charge in [-0.05, 0) is 36.8 Å². The number of rotatable bonds is 2. The van der Waals surface area contributed by atoms with E-state index in [0.717, 1.165) is 43.7 Å². The van der Waals surface area contributed by atoms with Gasteiger partial charge in [0.25, 0.3) is 11.8 Å². The van der Waals surface area contributed by atoms with Gasteiger partial charge >= 0.3 is 6.03 Å². The molecule has 6 nitrogen and oxygen atoms in total. The first-order chi connectivity index (χ1) is 12.9. The summed E-state index contributed by atoms with van der Waals surface area (Å²) in [5, 5.41) is 2.19. The molecule has 0 N–H and O–H groups in total. The van der Waals surface area contributed by atoms with Gasteiger partial charge in [0.05, 0.1) is 0 Å². The molecule has 3 aromatic rings. The van der Waals surface area contributed by atoms with Gasteiger partial charge in [-0.1, -0.05) is 24.3 Å². The maximum absolute atomic E-state index is 12.4. The topological polar surface area (TPSA) is 62.6 Å². The van der Waals surface area contributed by atoms with Crippen LogP contribution in [0.1, 0.15) is 12.5 Å². The maximum Gasteiger partial charge on any atom is 0.333 e. The molecule has 1 aromatic heterocycles. The molecule has 0 saturated carbocycles. The Balaban J connectivity index is 1.89. The second-order valence-corrected chi connectivity index (χ2v) is 6.61. The number of benzene rings is 2. The molecule has 4 amide bonds. The number of likely N-dealkylation sites (N-methyl/N-ethyl adjacent to an activating group) is 2. The van der Waals surface area contributed by atoms with Crippen molar-refractivity contribution in [2.45, 2.75) is 13.5 Å². The van der Waals surface area contributed by atoms with Gasteiger partial charge in [-0.2, -0.15) is 0 Å². The van der Waals surface area contributed by atoms with Crippen molar-refractivity contribution in [2.75, 3.05) is 14.1 Å². The van der Waals surface area contributed by atoms with E-state index < -0.39 is 17.8 Å². The van der Waals surface area contributed by atoms with Gasteiger partial charge in [-0.25, -0.2) is 4.79 Å². The van der Waals surface area contributed by atoms with Crippen molar-refractivity contribution in [2.24, 2.45) is 0 Å². The van der Waals surface area contributed by atoms with Crippen LogP contribution in [0.3, 0.4) is 0 Å². The van der Waals surface area contributed by atoms with Crippen molar-refractivity contribution in [3.63, 3.8) is 0 Å². The number of fused-ring (bicyclic) bond motifs is 3. The van der Waals surface area contributed by atoms with Crippen molar-refractivity contribution in [1.82, 2.24) is 14.4 Å². The molecule has 2 heterocycles. The third-order valence-electron chi connectivity index (χ3n) is 5.07. The Kier molecular flexibility index (Phi) is 3.84. The Morgan fingerprint density at radius 2 is 1.48 bits per heavy atom. The van der Waals surface area contributed by atoms with Gasteiger partial charge < -0.3 is 4.57 Å². The Bertz CT molecular complexity index is 1130. The molecule has 0 spiro atoms. The summed E-state index contributed by atoms with van der Waals surface area (Å²) in [4.78, 5) is 38.6. The van der Waals surface area contributed by atoms with Crippen molar-refractivity contribution >= 4 is 45.7 Å². The lowest BCUT2D eigenvalue weighted by molar-refractivity contribution is -0.134. The lowest BCUT2D eigenvalue weighted by atomic mass is 10.0. The number of aromatic nitrogens is 1. The standard InChI is InChI=1S/C21H19N3O3/c1-4-24-17-8-6-5-7-14(17)15-11-13(9-10-18(15)24)12-16-19(25)22(2)21(27)23(3)20(16)26/h5-12H,4H2,1-3H3. The molecule has 1 fully saturated rings. The zero-order chi connectivity index (χ0) is 19.3. The van der Waals surface area contributed by atoms with Gasteiger partial charge in [0.1, 0.15) is 5.57 Å². The number of barbiturate groups is 1. The largest absolute Gasteiger partial charge is 0.341 e. The molecular formula is C21H19N3O3. The average molecular weight is 361 g/mol. The lowest BCUT2D eigenvalue weighted by Crippen LogP contribution is -2.52. The summed E-state index contributed by atoms with van der Waals surface area (Å²) >= 11 is 0. The first kappa shape index (κ1) is 17.0. The summed E-state index contributed by atoms with van der Waals surface area (Å²) in [7, 11) is 2.75. The molecule has 0 unspecified atom stereocenters. The normalized spacial score (nSPS) is 15.4. The van der Waals surface area contributed by atoms with E-state index in [9.17, 15) is 14.4 Å². The number of carbonyl (C=O) groups excluding carboxylic acids is 3. The molecule has 1 aliphatic rings. The molecule has 4 rings (SSSR count). The van der Waals surface area contributed by atoms with Crippen molar-refractivity contribution in [3.8, 4) is 0 Å². The summed E-state index contributed by atoms with van der Waals surface area (Å²) in [5.74, 6) is -1.17. The van der Waals surface area contributed by atoms with Gasteiger partial charge in [-0.15, -0.1) is 0 Å². The fourth-order valence-electron chi connectivity index (χ4n) is 3.64. The maximum atomic E-state index is 12.4. The van der Waals surface area contributed by atoms with E-state index in [-0.39, 0.29) is 5.57 Å². The number of aryl methyl sites for hydroxylation is 1. The van der Waals surface area contributed by atoms with Crippen LogP contribution in [0.15, 0.2) is 48.0 Å². The van der Waals surface area contributed by atoms with E-state index >= 15 is 0 Å². The van der Waals surface area contributed by atoms with E-state index in [1.54, 1.807) is 6.08 Å². The molecular weight excluding hydrogens is 342 g/mol. The predicted molar refractivity (Wildman–Crippen MR) is 104 cm³/mol. The summed E-state index contributed by atoms with van der Waals surface area (Å²) in [5.41, 5.74) is 2.98. The van der Waals surface area contributed by atoms with Gasteiger partial charge in [0.15, 0.2) is 0 Å². The number of para-hydroxylation sites is 1. The van der Waals surface area contributed by atoms with E-state index in [0.29, 0.717) is 0 Å².